The third-order valence-electron chi connectivity index (χ3n) is 14.1. The molecule has 3 nitrogen and oxygen atoms in total. The van der Waals surface area contributed by atoms with Crippen LogP contribution in [0.5, 0.6) is 0 Å². The minimum Gasteiger partial charge on any atom is -0.462 e. The molecule has 0 aromatic heterocycles. The number of esters is 1. The summed E-state index contributed by atoms with van der Waals surface area (Å²) < 4.78 is 11.8. The number of hydrogen-bond donors (Lipinski definition) is 0. The molecule has 0 spiro atoms. The van der Waals surface area contributed by atoms with Crippen LogP contribution in [-0.4, -0.2) is 25.3 Å². The largest absolute Gasteiger partial charge is 0.462 e. The van der Waals surface area contributed by atoms with Gasteiger partial charge in [-0.15, -0.1) is 6.58 Å². The van der Waals surface area contributed by atoms with Gasteiger partial charge in [-0.05, 0) is 121 Å². The summed E-state index contributed by atoms with van der Waals surface area (Å²) in [4.78, 5) is 11.9. The molecule has 3 heteroatoms. The molecule has 10 atom stereocenters. The Balaban J connectivity index is 1.45. The Morgan fingerprint density at radius 3 is 2.29 bits per heavy atom. The second-order valence-electron chi connectivity index (χ2n) is 15.9. The van der Waals surface area contributed by atoms with Gasteiger partial charge in [0.2, 0.25) is 0 Å². The van der Waals surface area contributed by atoms with Crippen LogP contribution in [0.4, 0.5) is 0 Å². The quantitative estimate of drug-likeness (QED) is 0.198. The second kappa shape index (κ2) is 9.49. The Hall–Kier alpha value is -1.09. The lowest BCUT2D eigenvalue weighted by Gasteiger charge is -2.73. The van der Waals surface area contributed by atoms with Crippen molar-refractivity contribution < 1.29 is 14.3 Å². The minimum atomic E-state index is -0.117. The molecule has 0 bridgehead atoms. The Morgan fingerprint density at radius 1 is 0.868 bits per heavy atom. The summed E-state index contributed by atoms with van der Waals surface area (Å²) in [6, 6.07) is 0. The maximum Gasteiger partial charge on any atom is 0.302 e. The zero-order valence-electron chi connectivity index (χ0n) is 25.7. The molecule has 0 N–H and O–H groups in total. The van der Waals surface area contributed by atoms with Crippen molar-refractivity contribution in [3.8, 4) is 0 Å². The molecule has 0 aromatic carbocycles. The lowest BCUT2D eigenvalue weighted by atomic mass is 9.32. The van der Waals surface area contributed by atoms with Gasteiger partial charge in [0.25, 0.3) is 0 Å². The zero-order valence-corrected chi connectivity index (χ0v) is 25.7. The van der Waals surface area contributed by atoms with Gasteiger partial charge in [0, 0.05) is 12.3 Å². The molecule has 5 saturated carbocycles. The monoisotopic (exact) mass is 524 g/mol. The lowest BCUT2D eigenvalue weighted by molar-refractivity contribution is -0.249. The lowest BCUT2D eigenvalue weighted by Crippen LogP contribution is -2.66. The Bertz CT molecular complexity index is 966. The number of hydrogen-bond acceptors (Lipinski definition) is 3. The first kappa shape index (κ1) is 28.4. The number of ether oxygens (including phenoxy) is 2. The van der Waals surface area contributed by atoms with Crippen molar-refractivity contribution in [2.24, 2.45) is 56.7 Å². The molecule has 0 saturated heterocycles. The fourth-order valence-electron chi connectivity index (χ4n) is 12.2. The van der Waals surface area contributed by atoms with Gasteiger partial charge in [0.1, 0.15) is 6.10 Å². The van der Waals surface area contributed by atoms with Crippen LogP contribution in [0.2, 0.25) is 0 Å². The number of carbonyl (C=O) groups is 1. The summed E-state index contributed by atoms with van der Waals surface area (Å²) >= 11 is 0. The van der Waals surface area contributed by atoms with E-state index in [1.807, 2.05) is 6.08 Å². The van der Waals surface area contributed by atoms with Crippen LogP contribution in [0.25, 0.3) is 0 Å². The predicted molar refractivity (Wildman–Crippen MR) is 156 cm³/mol. The van der Waals surface area contributed by atoms with Crippen molar-refractivity contribution in [2.75, 3.05) is 13.2 Å². The van der Waals surface area contributed by atoms with Crippen LogP contribution in [-0.2, 0) is 14.3 Å². The van der Waals surface area contributed by atoms with E-state index in [0.29, 0.717) is 46.7 Å². The first-order chi connectivity index (χ1) is 17.7. The Labute approximate surface area is 233 Å². The SMILES string of the molecule is C=CCOCC(=C)[C@@H]1CC[C@]2(C)CC[C@]3(C)[C@H](CC[C@@H]4[C@@]5(C)CC[C@H](OC(C)=O)C(C)(C)[C@@H]5CC[C@]43C)[C@@H]12. The molecule has 5 aliphatic carbocycles. The first-order valence-corrected chi connectivity index (χ1v) is 15.8. The van der Waals surface area contributed by atoms with E-state index in [9.17, 15) is 4.79 Å². The van der Waals surface area contributed by atoms with Crippen LogP contribution in [0.3, 0.4) is 0 Å². The summed E-state index contributed by atoms with van der Waals surface area (Å²) in [5.74, 6) is 3.35. The van der Waals surface area contributed by atoms with Crippen LogP contribution >= 0.6 is 0 Å². The number of fused-ring (bicyclic) bond motifs is 7. The third-order valence-corrected chi connectivity index (χ3v) is 14.1. The van der Waals surface area contributed by atoms with Gasteiger partial charge in [0.05, 0.1) is 13.2 Å². The maximum atomic E-state index is 11.9. The molecule has 5 aliphatic rings. The summed E-state index contributed by atoms with van der Waals surface area (Å²) in [6.45, 7) is 26.8. The topological polar surface area (TPSA) is 35.5 Å². The molecular formula is C35H56O3. The fourth-order valence-corrected chi connectivity index (χ4v) is 12.2. The van der Waals surface area contributed by atoms with Gasteiger partial charge in [-0.25, -0.2) is 0 Å². The smallest absolute Gasteiger partial charge is 0.302 e. The molecule has 5 rings (SSSR count). The standard InChI is InChI=1S/C35H56O3/c1-10-21-37-22-23(2)25-13-16-32(6)19-20-34(8)26(30(25)32)11-12-28-33(7)17-15-29(38-24(3)36)31(4,5)27(33)14-18-35(28,34)9/h10,25-30H,1-2,11-22H2,3-9H3/t25-,26+,27-,28+,29-,30+,32+,33-,34+,35+/m0/s1. The fraction of sp³-hybridized carbons (Fsp3) is 0.857. The van der Waals surface area contributed by atoms with E-state index >= 15 is 0 Å². The summed E-state index contributed by atoms with van der Waals surface area (Å²) in [6.07, 6.45) is 14.8. The van der Waals surface area contributed by atoms with Crippen LogP contribution < -0.4 is 0 Å². The van der Waals surface area contributed by atoms with E-state index < -0.39 is 0 Å². The van der Waals surface area contributed by atoms with Crippen LogP contribution in [0, 0.1) is 56.7 Å². The molecular weight excluding hydrogens is 468 g/mol. The van der Waals surface area contributed by atoms with E-state index in [-0.39, 0.29) is 17.5 Å². The predicted octanol–water partition coefficient (Wildman–Crippen LogP) is 8.78. The van der Waals surface area contributed by atoms with Gasteiger partial charge in [-0.2, -0.15) is 0 Å². The van der Waals surface area contributed by atoms with Gasteiger partial charge in [-0.3, -0.25) is 4.79 Å². The highest BCUT2D eigenvalue weighted by Gasteiger charge is 2.70. The highest BCUT2D eigenvalue weighted by atomic mass is 16.5. The molecule has 0 unspecified atom stereocenters. The van der Waals surface area contributed by atoms with Crippen molar-refractivity contribution in [3.63, 3.8) is 0 Å². The third kappa shape index (κ3) is 3.94. The summed E-state index contributed by atoms with van der Waals surface area (Å²) in [5, 5.41) is 0. The van der Waals surface area contributed by atoms with Gasteiger partial charge in [0.15, 0.2) is 0 Å². The molecule has 38 heavy (non-hydrogen) atoms. The molecule has 0 aliphatic heterocycles. The summed E-state index contributed by atoms with van der Waals surface area (Å²) in [5.41, 5.74) is 2.86. The van der Waals surface area contributed by atoms with Gasteiger partial charge >= 0.3 is 5.97 Å². The van der Waals surface area contributed by atoms with E-state index in [2.05, 4.69) is 54.7 Å². The molecule has 214 valence electrons. The Kier molecular flexibility index (Phi) is 7.10. The van der Waals surface area contributed by atoms with E-state index in [1.165, 1.54) is 63.4 Å². The van der Waals surface area contributed by atoms with Crippen LogP contribution in [0.15, 0.2) is 24.8 Å². The second-order valence-corrected chi connectivity index (χ2v) is 15.9. The first-order valence-electron chi connectivity index (χ1n) is 15.8. The van der Waals surface area contributed by atoms with Gasteiger partial charge in [-0.1, -0.05) is 54.2 Å². The Morgan fingerprint density at radius 2 is 1.61 bits per heavy atom. The van der Waals surface area contributed by atoms with Crippen molar-refractivity contribution in [1.82, 2.24) is 0 Å². The van der Waals surface area contributed by atoms with E-state index in [1.54, 1.807) is 6.92 Å². The average Bonchev–Trinajstić information content (AvgIpc) is 3.19. The van der Waals surface area contributed by atoms with Crippen molar-refractivity contribution in [3.05, 3.63) is 24.8 Å². The van der Waals surface area contributed by atoms with Gasteiger partial charge < -0.3 is 9.47 Å². The van der Waals surface area contributed by atoms with Crippen molar-refractivity contribution >= 4 is 5.97 Å². The van der Waals surface area contributed by atoms with Crippen molar-refractivity contribution in [2.45, 2.75) is 119 Å². The van der Waals surface area contributed by atoms with E-state index in [4.69, 9.17) is 9.47 Å². The maximum absolute atomic E-state index is 11.9. The summed E-state index contributed by atoms with van der Waals surface area (Å²) in [7, 11) is 0. The van der Waals surface area contributed by atoms with Crippen molar-refractivity contribution in [1.29, 1.82) is 0 Å². The zero-order chi connectivity index (χ0) is 27.7. The van der Waals surface area contributed by atoms with Crippen LogP contribution in [0.1, 0.15) is 113 Å². The van der Waals surface area contributed by atoms with E-state index in [0.717, 1.165) is 24.2 Å². The number of rotatable bonds is 6. The minimum absolute atomic E-state index is 0.0304. The normalized spacial score (nSPS) is 49.1. The molecule has 0 aromatic rings. The highest BCUT2D eigenvalue weighted by molar-refractivity contribution is 5.66. The molecule has 0 radical (unpaired) electrons. The molecule has 0 amide bonds. The molecule has 5 fully saturated rings. The molecule has 0 heterocycles. The average molecular weight is 525 g/mol. The highest BCUT2D eigenvalue weighted by Crippen LogP contribution is 2.77. The number of carbonyl (C=O) groups excluding carboxylic acids is 1.